The van der Waals surface area contributed by atoms with Crippen LogP contribution in [0.4, 0.5) is 0 Å². The molecule has 2 atom stereocenters. The summed E-state index contributed by atoms with van der Waals surface area (Å²) in [5.41, 5.74) is 1.29. The average Bonchev–Trinajstić information content (AvgIpc) is 2.62. The summed E-state index contributed by atoms with van der Waals surface area (Å²) in [7, 11) is 1.75. The van der Waals surface area contributed by atoms with Gasteiger partial charge in [0.1, 0.15) is 11.5 Å². The molecule has 1 rings (SSSR count). The second-order valence-corrected chi connectivity index (χ2v) is 4.66. The lowest BCUT2D eigenvalue weighted by atomic mass is 9.92. The van der Waals surface area contributed by atoms with Crippen LogP contribution >= 0.6 is 0 Å². The molecule has 1 aromatic rings. The van der Waals surface area contributed by atoms with E-state index in [1.807, 2.05) is 13.8 Å². The topological polar surface area (TPSA) is 34.4 Å². The molecule has 1 heterocycles. The minimum Gasteiger partial charge on any atom is -0.466 e. The Morgan fingerprint density at radius 3 is 2.59 bits per heavy atom. The van der Waals surface area contributed by atoms with E-state index >= 15 is 0 Å². The van der Waals surface area contributed by atoms with E-state index in [1.54, 1.807) is 7.11 Å². The number of furan rings is 1. The summed E-state index contributed by atoms with van der Waals surface area (Å²) >= 11 is 0. The van der Waals surface area contributed by atoms with E-state index in [-0.39, 0.29) is 0 Å². The summed E-state index contributed by atoms with van der Waals surface area (Å²) in [6.45, 7) is 10.2. The molecule has 3 nitrogen and oxygen atoms in total. The summed E-state index contributed by atoms with van der Waals surface area (Å²) in [6, 6.07) is 2.50. The van der Waals surface area contributed by atoms with Gasteiger partial charge in [-0.3, -0.25) is 0 Å². The average molecular weight is 239 g/mol. The Morgan fingerprint density at radius 2 is 2.12 bits per heavy atom. The molecular formula is C14H25NO2. The van der Waals surface area contributed by atoms with E-state index in [0.29, 0.717) is 12.0 Å². The van der Waals surface area contributed by atoms with Crippen molar-refractivity contribution in [2.24, 2.45) is 5.92 Å². The fourth-order valence-electron chi connectivity index (χ4n) is 2.27. The molecule has 0 amide bonds. The van der Waals surface area contributed by atoms with Crippen molar-refractivity contribution in [1.29, 1.82) is 0 Å². The molecule has 0 radical (unpaired) electrons. The van der Waals surface area contributed by atoms with Crippen LogP contribution in [0.15, 0.2) is 10.5 Å². The minimum absolute atomic E-state index is 0.354. The first kappa shape index (κ1) is 14.3. The van der Waals surface area contributed by atoms with E-state index < -0.39 is 0 Å². The van der Waals surface area contributed by atoms with Crippen LogP contribution in [0.5, 0.6) is 0 Å². The third-order valence-corrected chi connectivity index (χ3v) is 3.18. The van der Waals surface area contributed by atoms with Crippen molar-refractivity contribution in [3.63, 3.8) is 0 Å². The zero-order chi connectivity index (χ0) is 12.8. The second kappa shape index (κ2) is 6.82. The molecule has 1 aromatic heterocycles. The van der Waals surface area contributed by atoms with Gasteiger partial charge in [-0.15, -0.1) is 0 Å². The van der Waals surface area contributed by atoms with Crippen LogP contribution in [0.3, 0.4) is 0 Å². The molecule has 0 aliphatic carbocycles. The predicted molar refractivity (Wildman–Crippen MR) is 70.3 cm³/mol. The quantitative estimate of drug-likeness (QED) is 0.793. The summed E-state index contributed by atoms with van der Waals surface area (Å²) in [5.74, 6) is 2.54. The Hall–Kier alpha value is -0.800. The zero-order valence-electron chi connectivity index (χ0n) is 11.7. The van der Waals surface area contributed by atoms with Gasteiger partial charge < -0.3 is 14.5 Å². The standard InChI is InChI=1S/C14H25NO2/c1-6-15-14(10(2)7-8-16-5)13-9-11(3)17-12(13)4/h9-10,14-15H,6-8H2,1-5H3. The maximum absolute atomic E-state index is 5.63. The van der Waals surface area contributed by atoms with Crippen LogP contribution in [0.25, 0.3) is 0 Å². The second-order valence-electron chi connectivity index (χ2n) is 4.66. The SMILES string of the molecule is CCNC(c1cc(C)oc1C)C(C)CCOC. The van der Waals surface area contributed by atoms with Gasteiger partial charge in [0.2, 0.25) is 0 Å². The van der Waals surface area contributed by atoms with E-state index in [0.717, 1.165) is 31.1 Å². The van der Waals surface area contributed by atoms with Crippen LogP contribution < -0.4 is 5.32 Å². The number of hydrogen-bond donors (Lipinski definition) is 1. The van der Waals surface area contributed by atoms with Gasteiger partial charge >= 0.3 is 0 Å². The fraction of sp³-hybridized carbons (Fsp3) is 0.714. The van der Waals surface area contributed by atoms with Crippen molar-refractivity contribution in [2.75, 3.05) is 20.3 Å². The molecular weight excluding hydrogens is 214 g/mol. The van der Waals surface area contributed by atoms with Gasteiger partial charge in [-0.2, -0.15) is 0 Å². The molecule has 2 unspecified atom stereocenters. The molecule has 0 saturated heterocycles. The predicted octanol–water partition coefficient (Wildman–Crippen LogP) is 3.22. The smallest absolute Gasteiger partial charge is 0.105 e. The lowest BCUT2D eigenvalue weighted by Crippen LogP contribution is -2.27. The van der Waals surface area contributed by atoms with Crippen molar-refractivity contribution in [2.45, 2.75) is 40.2 Å². The maximum atomic E-state index is 5.63. The fourth-order valence-corrected chi connectivity index (χ4v) is 2.27. The van der Waals surface area contributed by atoms with Crippen molar-refractivity contribution in [3.8, 4) is 0 Å². The van der Waals surface area contributed by atoms with Gasteiger partial charge in [-0.25, -0.2) is 0 Å². The summed E-state index contributed by atoms with van der Waals surface area (Å²) in [4.78, 5) is 0. The van der Waals surface area contributed by atoms with Crippen molar-refractivity contribution in [3.05, 3.63) is 23.2 Å². The van der Waals surface area contributed by atoms with E-state index in [9.17, 15) is 0 Å². The Morgan fingerprint density at radius 1 is 1.41 bits per heavy atom. The number of methoxy groups -OCH3 is 1. The Kier molecular flexibility index (Phi) is 5.72. The lowest BCUT2D eigenvalue weighted by Gasteiger charge is -2.24. The van der Waals surface area contributed by atoms with Gasteiger partial charge in [0.25, 0.3) is 0 Å². The van der Waals surface area contributed by atoms with E-state index in [1.165, 1.54) is 5.56 Å². The molecule has 0 fully saturated rings. The number of aryl methyl sites for hydroxylation is 2. The molecule has 3 heteroatoms. The largest absolute Gasteiger partial charge is 0.466 e. The molecule has 0 spiro atoms. The Bertz CT molecular complexity index is 333. The summed E-state index contributed by atoms with van der Waals surface area (Å²) in [5, 5.41) is 3.55. The van der Waals surface area contributed by atoms with Gasteiger partial charge in [-0.1, -0.05) is 13.8 Å². The zero-order valence-corrected chi connectivity index (χ0v) is 11.7. The van der Waals surface area contributed by atoms with Crippen LogP contribution in [0.2, 0.25) is 0 Å². The van der Waals surface area contributed by atoms with Gasteiger partial charge in [0, 0.05) is 25.3 Å². The molecule has 0 aromatic carbocycles. The van der Waals surface area contributed by atoms with Gasteiger partial charge in [0.15, 0.2) is 0 Å². The highest BCUT2D eigenvalue weighted by Gasteiger charge is 2.22. The third kappa shape index (κ3) is 3.86. The van der Waals surface area contributed by atoms with Crippen LogP contribution in [0.1, 0.15) is 43.4 Å². The highest BCUT2D eigenvalue weighted by atomic mass is 16.5. The van der Waals surface area contributed by atoms with E-state index in [2.05, 4.69) is 25.2 Å². The normalized spacial score (nSPS) is 14.9. The highest BCUT2D eigenvalue weighted by Crippen LogP contribution is 2.29. The molecule has 0 bridgehead atoms. The lowest BCUT2D eigenvalue weighted by molar-refractivity contribution is 0.170. The van der Waals surface area contributed by atoms with Gasteiger partial charge in [-0.05, 0) is 38.8 Å². The molecule has 98 valence electrons. The first-order valence-electron chi connectivity index (χ1n) is 6.39. The van der Waals surface area contributed by atoms with Crippen LogP contribution in [0, 0.1) is 19.8 Å². The number of hydrogen-bond acceptors (Lipinski definition) is 3. The monoisotopic (exact) mass is 239 g/mol. The van der Waals surface area contributed by atoms with Crippen molar-refractivity contribution >= 4 is 0 Å². The highest BCUT2D eigenvalue weighted by molar-refractivity contribution is 5.24. The Balaban J connectivity index is 2.80. The molecule has 0 saturated carbocycles. The molecule has 17 heavy (non-hydrogen) atoms. The number of ether oxygens (including phenoxy) is 1. The summed E-state index contributed by atoms with van der Waals surface area (Å²) in [6.07, 6.45) is 1.05. The first-order valence-corrected chi connectivity index (χ1v) is 6.39. The molecule has 0 aliphatic rings. The minimum atomic E-state index is 0.354. The van der Waals surface area contributed by atoms with Crippen molar-refractivity contribution in [1.82, 2.24) is 5.32 Å². The molecule has 0 aliphatic heterocycles. The molecule has 1 N–H and O–H groups in total. The van der Waals surface area contributed by atoms with E-state index in [4.69, 9.17) is 9.15 Å². The third-order valence-electron chi connectivity index (χ3n) is 3.18. The Labute approximate surface area is 105 Å². The number of nitrogens with one attached hydrogen (secondary N) is 1. The maximum Gasteiger partial charge on any atom is 0.105 e. The van der Waals surface area contributed by atoms with Crippen LogP contribution in [-0.4, -0.2) is 20.3 Å². The van der Waals surface area contributed by atoms with Gasteiger partial charge in [0.05, 0.1) is 0 Å². The van der Waals surface area contributed by atoms with Crippen LogP contribution in [-0.2, 0) is 4.74 Å². The first-order chi connectivity index (χ1) is 8.10. The summed E-state index contributed by atoms with van der Waals surface area (Å²) < 4.78 is 10.8. The number of rotatable bonds is 7. The van der Waals surface area contributed by atoms with Crippen molar-refractivity contribution < 1.29 is 9.15 Å².